The summed E-state index contributed by atoms with van der Waals surface area (Å²) in [5.41, 5.74) is 2.29. The summed E-state index contributed by atoms with van der Waals surface area (Å²) in [6, 6.07) is 8.07. The average molecular weight is 264 g/mol. The summed E-state index contributed by atoms with van der Waals surface area (Å²) in [7, 11) is 0. The number of benzene rings is 1. The lowest BCUT2D eigenvalue weighted by atomic mass is 10.1. The molecule has 2 rings (SSSR count). The van der Waals surface area contributed by atoms with Gasteiger partial charge in [0.2, 0.25) is 5.91 Å². The van der Waals surface area contributed by atoms with Crippen molar-refractivity contribution >= 4 is 5.91 Å². The molecule has 1 heterocycles. The van der Waals surface area contributed by atoms with Gasteiger partial charge >= 0.3 is 0 Å². The van der Waals surface area contributed by atoms with Gasteiger partial charge in [-0.2, -0.15) is 0 Å². The Labute approximate surface area is 113 Å². The monoisotopic (exact) mass is 264 g/mol. The molecule has 1 aliphatic heterocycles. The number of amides is 1. The van der Waals surface area contributed by atoms with Crippen LogP contribution < -0.4 is 5.32 Å². The van der Waals surface area contributed by atoms with Crippen LogP contribution in [0.1, 0.15) is 24.0 Å². The number of rotatable bonds is 4. The summed E-state index contributed by atoms with van der Waals surface area (Å²) < 4.78 is 13.2. The molecule has 0 bridgehead atoms. The van der Waals surface area contributed by atoms with Gasteiger partial charge in [-0.25, -0.2) is 4.39 Å². The number of nitrogens with zero attached hydrogens (tertiary/aromatic N) is 1. The Bertz CT molecular complexity index is 419. The number of carbonyl (C=O) groups is 1. The first-order valence-corrected chi connectivity index (χ1v) is 6.82. The summed E-state index contributed by atoms with van der Waals surface area (Å²) in [5.74, 6) is -0.0327. The molecule has 1 unspecified atom stereocenters. The number of aryl methyl sites for hydroxylation is 1. The number of hydrogen-bond donors (Lipinski definition) is 1. The predicted octanol–water partition coefficient (Wildman–Crippen LogP) is 2.05. The van der Waals surface area contributed by atoms with Gasteiger partial charge in [-0.1, -0.05) is 29.8 Å². The summed E-state index contributed by atoms with van der Waals surface area (Å²) in [6.45, 7) is 4.07. The van der Waals surface area contributed by atoms with E-state index in [1.54, 1.807) is 0 Å². The van der Waals surface area contributed by atoms with E-state index < -0.39 is 6.17 Å². The molecule has 1 aromatic rings. The summed E-state index contributed by atoms with van der Waals surface area (Å²) in [6.07, 6.45) is 0.687. The fraction of sp³-hybridized carbons (Fsp3) is 0.533. The quantitative estimate of drug-likeness (QED) is 0.902. The maximum atomic E-state index is 13.2. The van der Waals surface area contributed by atoms with Gasteiger partial charge in [0, 0.05) is 13.1 Å². The van der Waals surface area contributed by atoms with Gasteiger partial charge in [0.15, 0.2) is 0 Å². The van der Waals surface area contributed by atoms with Crippen LogP contribution in [-0.2, 0) is 11.3 Å². The first-order valence-electron chi connectivity index (χ1n) is 6.82. The molecule has 1 aromatic carbocycles. The lowest BCUT2D eigenvalue weighted by molar-refractivity contribution is -0.122. The molecule has 104 valence electrons. The molecule has 4 heteroatoms. The van der Waals surface area contributed by atoms with Crippen molar-refractivity contribution in [2.24, 2.45) is 0 Å². The molecule has 3 nitrogen and oxygen atoms in total. The molecule has 1 saturated heterocycles. The van der Waals surface area contributed by atoms with E-state index in [2.05, 4.69) is 5.32 Å². The molecule has 0 radical (unpaired) electrons. The number of alkyl halides is 1. The molecular weight excluding hydrogens is 243 g/mol. The molecule has 19 heavy (non-hydrogen) atoms. The minimum absolute atomic E-state index is 0.0327. The topological polar surface area (TPSA) is 32.3 Å². The van der Waals surface area contributed by atoms with Crippen molar-refractivity contribution in [1.29, 1.82) is 0 Å². The second kappa shape index (κ2) is 6.66. The van der Waals surface area contributed by atoms with Crippen molar-refractivity contribution < 1.29 is 9.18 Å². The molecular formula is C15H21FN2O. The van der Waals surface area contributed by atoms with Crippen LogP contribution in [0, 0.1) is 6.92 Å². The van der Waals surface area contributed by atoms with Crippen LogP contribution in [0.2, 0.25) is 0 Å². The largest absolute Gasteiger partial charge is 0.351 e. The molecule has 1 aliphatic rings. The second-order valence-electron chi connectivity index (χ2n) is 5.24. The Balaban J connectivity index is 1.73. The van der Waals surface area contributed by atoms with Crippen LogP contribution in [0.15, 0.2) is 24.3 Å². The Morgan fingerprint density at radius 2 is 2.16 bits per heavy atom. The zero-order chi connectivity index (χ0) is 13.7. The van der Waals surface area contributed by atoms with Crippen LogP contribution in [0.3, 0.4) is 0 Å². The third-order valence-corrected chi connectivity index (χ3v) is 3.43. The van der Waals surface area contributed by atoms with E-state index in [1.165, 1.54) is 5.56 Å². The van der Waals surface area contributed by atoms with Crippen molar-refractivity contribution in [1.82, 2.24) is 10.2 Å². The van der Waals surface area contributed by atoms with Gasteiger partial charge in [-0.15, -0.1) is 0 Å². The van der Waals surface area contributed by atoms with E-state index in [4.69, 9.17) is 0 Å². The first-order chi connectivity index (χ1) is 9.13. The average Bonchev–Trinajstić information content (AvgIpc) is 2.38. The van der Waals surface area contributed by atoms with Crippen LogP contribution in [0.25, 0.3) is 0 Å². The molecule has 0 saturated carbocycles. The van der Waals surface area contributed by atoms with Crippen LogP contribution in [0.5, 0.6) is 0 Å². The van der Waals surface area contributed by atoms with Crippen molar-refractivity contribution in [2.75, 3.05) is 19.6 Å². The molecule has 0 aliphatic carbocycles. The molecule has 0 spiro atoms. The maximum Gasteiger partial charge on any atom is 0.234 e. The molecule has 1 N–H and O–H groups in total. The number of halogens is 1. The van der Waals surface area contributed by atoms with Crippen molar-refractivity contribution in [3.63, 3.8) is 0 Å². The fourth-order valence-corrected chi connectivity index (χ4v) is 2.31. The van der Waals surface area contributed by atoms with Gasteiger partial charge < -0.3 is 5.32 Å². The lowest BCUT2D eigenvalue weighted by Gasteiger charge is -2.28. The highest BCUT2D eigenvalue weighted by Crippen LogP contribution is 2.12. The van der Waals surface area contributed by atoms with Gasteiger partial charge in [0.1, 0.15) is 6.17 Å². The Kier molecular flexibility index (Phi) is 4.91. The lowest BCUT2D eigenvalue weighted by Crippen LogP contribution is -2.43. The molecule has 1 fully saturated rings. The highest BCUT2D eigenvalue weighted by atomic mass is 19.1. The number of hydrogen-bond acceptors (Lipinski definition) is 2. The highest BCUT2D eigenvalue weighted by molar-refractivity contribution is 5.78. The Morgan fingerprint density at radius 3 is 2.84 bits per heavy atom. The Hall–Kier alpha value is -1.42. The van der Waals surface area contributed by atoms with Gasteiger partial charge in [-0.05, 0) is 31.9 Å². The standard InChI is InChI=1S/C15H21FN2O/c1-12-4-6-13(7-5-12)9-17-15(19)11-18-8-2-3-14(16)10-18/h4-7,14H,2-3,8-11H2,1H3,(H,17,19). The summed E-state index contributed by atoms with van der Waals surface area (Å²) in [5, 5.41) is 2.88. The fourth-order valence-electron chi connectivity index (χ4n) is 2.31. The van der Waals surface area contributed by atoms with Crippen LogP contribution in [-0.4, -0.2) is 36.6 Å². The van der Waals surface area contributed by atoms with E-state index in [9.17, 15) is 9.18 Å². The van der Waals surface area contributed by atoms with Crippen molar-refractivity contribution in [3.05, 3.63) is 35.4 Å². The second-order valence-corrected chi connectivity index (χ2v) is 5.24. The first kappa shape index (κ1) is 14.0. The maximum absolute atomic E-state index is 13.2. The van der Waals surface area contributed by atoms with Gasteiger partial charge in [0.05, 0.1) is 6.54 Å². The summed E-state index contributed by atoms with van der Waals surface area (Å²) >= 11 is 0. The number of likely N-dealkylation sites (tertiary alicyclic amines) is 1. The third kappa shape index (κ3) is 4.63. The van der Waals surface area contributed by atoms with Crippen molar-refractivity contribution in [3.8, 4) is 0 Å². The van der Waals surface area contributed by atoms with Crippen LogP contribution in [0.4, 0.5) is 4.39 Å². The summed E-state index contributed by atoms with van der Waals surface area (Å²) in [4.78, 5) is 13.7. The molecule has 1 amide bonds. The molecule has 0 aromatic heterocycles. The van der Waals surface area contributed by atoms with Gasteiger partial charge in [0.25, 0.3) is 0 Å². The van der Waals surface area contributed by atoms with E-state index in [1.807, 2.05) is 36.1 Å². The third-order valence-electron chi connectivity index (χ3n) is 3.43. The molecule has 1 atom stereocenters. The smallest absolute Gasteiger partial charge is 0.234 e. The van der Waals surface area contributed by atoms with Crippen LogP contribution >= 0.6 is 0 Å². The van der Waals surface area contributed by atoms with E-state index in [0.29, 0.717) is 26.1 Å². The van der Waals surface area contributed by atoms with E-state index in [-0.39, 0.29) is 5.91 Å². The van der Waals surface area contributed by atoms with E-state index in [0.717, 1.165) is 18.5 Å². The number of nitrogens with one attached hydrogen (secondary N) is 1. The minimum Gasteiger partial charge on any atom is -0.351 e. The zero-order valence-corrected chi connectivity index (χ0v) is 11.4. The Morgan fingerprint density at radius 1 is 1.42 bits per heavy atom. The number of carbonyl (C=O) groups excluding carboxylic acids is 1. The zero-order valence-electron chi connectivity index (χ0n) is 11.4. The minimum atomic E-state index is -0.779. The van der Waals surface area contributed by atoms with E-state index >= 15 is 0 Å². The highest BCUT2D eigenvalue weighted by Gasteiger charge is 2.20. The normalized spacial score (nSPS) is 20.2. The van der Waals surface area contributed by atoms with Crippen molar-refractivity contribution in [2.45, 2.75) is 32.5 Å². The predicted molar refractivity (Wildman–Crippen MR) is 73.6 cm³/mol. The van der Waals surface area contributed by atoms with Gasteiger partial charge in [-0.3, -0.25) is 9.69 Å². The number of piperidine rings is 1. The SMILES string of the molecule is Cc1ccc(CNC(=O)CN2CCCC(F)C2)cc1.